The number of para-hydroxylation sites is 1. The fraction of sp³-hybridized carbons (Fsp3) is 0.222. The van der Waals surface area contributed by atoms with Crippen molar-refractivity contribution in [3.63, 3.8) is 0 Å². The molecule has 0 aromatic heterocycles. The van der Waals surface area contributed by atoms with Crippen LogP contribution in [0.3, 0.4) is 0 Å². The van der Waals surface area contributed by atoms with Gasteiger partial charge in [-0.25, -0.2) is 4.79 Å². The smallest absolute Gasteiger partial charge is 0.345 e. The lowest BCUT2D eigenvalue weighted by Crippen LogP contribution is -2.37. The molecule has 1 amide bonds. The number of hydrogen-bond donors (Lipinski definition) is 1. The Hall–Kier alpha value is -3.22. The second-order valence-electron chi connectivity index (χ2n) is 5.35. The van der Waals surface area contributed by atoms with E-state index in [1.54, 1.807) is 0 Å². The molecule has 0 saturated carbocycles. The molecule has 0 spiro atoms. The second-order valence-corrected chi connectivity index (χ2v) is 5.35. The van der Waals surface area contributed by atoms with Gasteiger partial charge in [-0.15, -0.1) is 0 Å². The minimum absolute atomic E-state index is 0.184. The van der Waals surface area contributed by atoms with Crippen molar-refractivity contribution in [2.45, 2.75) is 19.4 Å². The molecule has 25 heavy (non-hydrogen) atoms. The zero-order valence-corrected chi connectivity index (χ0v) is 13.7. The van der Waals surface area contributed by atoms with E-state index < -0.39 is 22.9 Å². The summed E-state index contributed by atoms with van der Waals surface area (Å²) >= 11 is 0. The predicted molar refractivity (Wildman–Crippen MR) is 91.1 cm³/mol. The van der Waals surface area contributed by atoms with E-state index in [0.29, 0.717) is 13.0 Å². The first-order valence-corrected chi connectivity index (χ1v) is 7.75. The molecule has 130 valence electrons. The van der Waals surface area contributed by atoms with E-state index in [0.717, 1.165) is 5.56 Å². The number of benzene rings is 2. The third-order valence-corrected chi connectivity index (χ3v) is 3.53. The fourth-order valence-corrected chi connectivity index (χ4v) is 2.20. The average molecular weight is 342 g/mol. The highest BCUT2D eigenvalue weighted by Gasteiger charge is 2.24. The van der Waals surface area contributed by atoms with Crippen LogP contribution in [0.2, 0.25) is 0 Å². The number of carbonyl (C=O) groups excluding carboxylic acids is 2. The van der Waals surface area contributed by atoms with Gasteiger partial charge >= 0.3 is 5.97 Å². The first kappa shape index (κ1) is 18.1. The standard InChI is InChI=1S/C18H18N2O5/c1-13(17(21)19-12-11-14-7-3-2-4-8-14)25-18(22)15-9-5-6-10-16(15)20(23)24/h2-10,13H,11-12H2,1H3,(H,19,21). The molecule has 7 nitrogen and oxygen atoms in total. The van der Waals surface area contributed by atoms with E-state index in [1.165, 1.54) is 31.2 Å². The van der Waals surface area contributed by atoms with Crippen LogP contribution in [0.15, 0.2) is 54.6 Å². The number of ether oxygens (including phenoxy) is 1. The van der Waals surface area contributed by atoms with Crippen molar-refractivity contribution in [2.75, 3.05) is 6.54 Å². The van der Waals surface area contributed by atoms with Crippen molar-refractivity contribution in [1.82, 2.24) is 5.32 Å². The summed E-state index contributed by atoms with van der Waals surface area (Å²) in [7, 11) is 0. The van der Waals surface area contributed by atoms with Gasteiger partial charge in [0.2, 0.25) is 0 Å². The summed E-state index contributed by atoms with van der Waals surface area (Å²) in [5.74, 6) is -1.36. The Kier molecular flexibility index (Phi) is 6.22. The van der Waals surface area contributed by atoms with E-state index in [4.69, 9.17) is 4.74 Å². The summed E-state index contributed by atoms with van der Waals surface area (Å²) in [6.45, 7) is 1.82. The number of nitrogens with one attached hydrogen (secondary N) is 1. The lowest BCUT2D eigenvalue weighted by molar-refractivity contribution is -0.385. The SMILES string of the molecule is CC(OC(=O)c1ccccc1[N+](=O)[O-])C(=O)NCCc1ccccc1. The number of amides is 1. The zero-order valence-electron chi connectivity index (χ0n) is 13.7. The van der Waals surface area contributed by atoms with Gasteiger partial charge in [-0.05, 0) is 25.0 Å². The summed E-state index contributed by atoms with van der Waals surface area (Å²) in [5, 5.41) is 13.6. The van der Waals surface area contributed by atoms with Gasteiger partial charge in [0.25, 0.3) is 11.6 Å². The molecule has 0 fully saturated rings. The van der Waals surface area contributed by atoms with Gasteiger partial charge in [0.05, 0.1) is 4.92 Å². The van der Waals surface area contributed by atoms with E-state index in [-0.39, 0.29) is 11.3 Å². The molecule has 2 rings (SSSR count). The van der Waals surface area contributed by atoms with Crippen molar-refractivity contribution in [3.8, 4) is 0 Å². The van der Waals surface area contributed by atoms with E-state index >= 15 is 0 Å². The number of hydrogen-bond acceptors (Lipinski definition) is 5. The molecule has 0 saturated heterocycles. The summed E-state index contributed by atoms with van der Waals surface area (Å²) in [4.78, 5) is 34.3. The second kappa shape index (κ2) is 8.58. The summed E-state index contributed by atoms with van der Waals surface area (Å²) in [5.41, 5.74) is 0.535. The van der Waals surface area contributed by atoms with Crippen molar-refractivity contribution in [2.24, 2.45) is 0 Å². The lowest BCUT2D eigenvalue weighted by Gasteiger charge is -2.13. The first-order valence-electron chi connectivity index (χ1n) is 7.75. The minimum Gasteiger partial charge on any atom is -0.449 e. The Morgan fingerprint density at radius 2 is 1.76 bits per heavy atom. The van der Waals surface area contributed by atoms with Gasteiger partial charge in [0.1, 0.15) is 5.56 Å². The molecule has 1 N–H and O–H groups in total. The van der Waals surface area contributed by atoms with Gasteiger partial charge in [0.15, 0.2) is 6.10 Å². The number of esters is 1. The Labute approximate surface area is 144 Å². The van der Waals surface area contributed by atoms with Crippen LogP contribution in [0, 0.1) is 10.1 Å². The Morgan fingerprint density at radius 3 is 2.44 bits per heavy atom. The molecule has 2 aromatic rings. The highest BCUT2D eigenvalue weighted by Crippen LogP contribution is 2.19. The van der Waals surface area contributed by atoms with Gasteiger partial charge < -0.3 is 10.1 Å². The normalized spacial score (nSPS) is 11.4. The summed E-state index contributed by atoms with van der Waals surface area (Å²) < 4.78 is 5.04. The zero-order chi connectivity index (χ0) is 18.2. The van der Waals surface area contributed by atoms with Gasteiger partial charge in [-0.3, -0.25) is 14.9 Å². The van der Waals surface area contributed by atoms with Crippen molar-refractivity contribution in [3.05, 3.63) is 75.8 Å². The van der Waals surface area contributed by atoms with Crippen LogP contribution in [0.5, 0.6) is 0 Å². The molecule has 0 aliphatic carbocycles. The van der Waals surface area contributed by atoms with Crippen LogP contribution >= 0.6 is 0 Å². The van der Waals surface area contributed by atoms with Crippen LogP contribution in [0.4, 0.5) is 5.69 Å². The number of rotatable bonds is 7. The van der Waals surface area contributed by atoms with Crippen LogP contribution in [-0.2, 0) is 16.0 Å². The average Bonchev–Trinajstić information content (AvgIpc) is 2.62. The molecule has 0 heterocycles. The van der Waals surface area contributed by atoms with Crippen molar-refractivity contribution < 1.29 is 19.2 Å². The molecule has 1 atom stereocenters. The number of nitrogens with zero attached hydrogens (tertiary/aromatic N) is 1. The first-order chi connectivity index (χ1) is 12.0. The number of nitro groups is 1. The number of nitro benzene ring substituents is 1. The molecule has 0 radical (unpaired) electrons. The Bertz CT molecular complexity index is 761. The molecule has 0 aliphatic rings. The molecule has 0 bridgehead atoms. The van der Waals surface area contributed by atoms with Gasteiger partial charge in [0, 0.05) is 12.6 Å². The predicted octanol–water partition coefficient (Wildman–Crippen LogP) is 2.50. The van der Waals surface area contributed by atoms with Crippen molar-refractivity contribution in [1.29, 1.82) is 0 Å². The molecule has 1 unspecified atom stereocenters. The quantitative estimate of drug-likeness (QED) is 0.473. The summed E-state index contributed by atoms with van der Waals surface area (Å²) in [6, 6.07) is 15.1. The third kappa shape index (κ3) is 5.13. The summed E-state index contributed by atoms with van der Waals surface area (Å²) in [6.07, 6.45) is -0.402. The van der Waals surface area contributed by atoms with E-state index in [9.17, 15) is 19.7 Å². The van der Waals surface area contributed by atoms with Gasteiger partial charge in [-0.1, -0.05) is 42.5 Å². The Balaban J connectivity index is 1.88. The lowest BCUT2D eigenvalue weighted by atomic mass is 10.1. The van der Waals surface area contributed by atoms with Gasteiger partial charge in [-0.2, -0.15) is 0 Å². The topological polar surface area (TPSA) is 98.5 Å². The van der Waals surface area contributed by atoms with E-state index in [1.807, 2.05) is 30.3 Å². The van der Waals surface area contributed by atoms with Crippen molar-refractivity contribution >= 4 is 17.6 Å². The Morgan fingerprint density at radius 1 is 1.12 bits per heavy atom. The number of carbonyl (C=O) groups is 2. The monoisotopic (exact) mass is 342 g/mol. The highest BCUT2D eigenvalue weighted by molar-refractivity contribution is 5.95. The molecule has 2 aromatic carbocycles. The molecule has 0 aliphatic heterocycles. The fourth-order valence-electron chi connectivity index (χ4n) is 2.20. The third-order valence-electron chi connectivity index (χ3n) is 3.53. The largest absolute Gasteiger partial charge is 0.449 e. The van der Waals surface area contributed by atoms with E-state index in [2.05, 4.69) is 5.32 Å². The maximum absolute atomic E-state index is 12.1. The van der Waals surface area contributed by atoms with Crippen LogP contribution in [-0.4, -0.2) is 29.4 Å². The molecular formula is C18H18N2O5. The highest BCUT2D eigenvalue weighted by atomic mass is 16.6. The van der Waals surface area contributed by atoms with Crippen LogP contribution in [0.1, 0.15) is 22.8 Å². The van der Waals surface area contributed by atoms with Crippen LogP contribution in [0.25, 0.3) is 0 Å². The molecule has 7 heteroatoms. The minimum atomic E-state index is -1.05. The van der Waals surface area contributed by atoms with Crippen LogP contribution < -0.4 is 5.32 Å². The molecular weight excluding hydrogens is 324 g/mol. The maximum atomic E-state index is 12.1. The maximum Gasteiger partial charge on any atom is 0.345 e.